The zero-order chi connectivity index (χ0) is 21.1. The quantitative estimate of drug-likeness (QED) is 0.588. The first-order valence-electron chi connectivity index (χ1n) is 9.13. The fourth-order valence-electron chi connectivity index (χ4n) is 3.00. The Morgan fingerprint density at radius 2 is 2.03 bits per heavy atom. The lowest BCUT2D eigenvalue weighted by Gasteiger charge is -2.26. The molecule has 2 heterocycles. The van der Waals surface area contributed by atoms with Gasteiger partial charge in [0.05, 0.1) is 21.7 Å². The maximum atomic E-state index is 12.8. The number of aromatic nitrogens is 1. The SMILES string of the molecule is O=C(/C=C/c1nc2ccccc2s1)Nc1cccc(S(=O)(=O)N2CCNC(=O)C2)c1. The molecule has 2 aromatic carbocycles. The zero-order valence-corrected chi connectivity index (χ0v) is 17.4. The third-order valence-electron chi connectivity index (χ3n) is 4.43. The summed E-state index contributed by atoms with van der Waals surface area (Å²) in [6.07, 6.45) is 2.97. The number of fused-ring (bicyclic) bond motifs is 1. The summed E-state index contributed by atoms with van der Waals surface area (Å²) in [5.74, 6) is -0.740. The minimum atomic E-state index is -3.83. The van der Waals surface area contributed by atoms with Crippen molar-refractivity contribution in [1.82, 2.24) is 14.6 Å². The molecule has 0 unspecified atom stereocenters. The van der Waals surface area contributed by atoms with Gasteiger partial charge in [0.25, 0.3) is 0 Å². The Morgan fingerprint density at radius 3 is 2.83 bits per heavy atom. The molecule has 30 heavy (non-hydrogen) atoms. The van der Waals surface area contributed by atoms with E-state index in [2.05, 4.69) is 15.6 Å². The number of rotatable bonds is 5. The molecule has 2 N–H and O–H groups in total. The number of carbonyl (C=O) groups is 2. The molecule has 1 fully saturated rings. The van der Waals surface area contributed by atoms with Crippen LogP contribution in [0.2, 0.25) is 0 Å². The van der Waals surface area contributed by atoms with E-state index < -0.39 is 15.9 Å². The van der Waals surface area contributed by atoms with Crippen molar-refractivity contribution in [3.05, 3.63) is 59.6 Å². The van der Waals surface area contributed by atoms with Crippen LogP contribution >= 0.6 is 11.3 Å². The Morgan fingerprint density at radius 1 is 1.20 bits per heavy atom. The predicted molar refractivity (Wildman–Crippen MR) is 115 cm³/mol. The Bertz CT molecular complexity index is 1220. The summed E-state index contributed by atoms with van der Waals surface area (Å²) < 4.78 is 27.7. The number of nitrogens with zero attached hydrogens (tertiary/aromatic N) is 2. The van der Waals surface area contributed by atoms with Crippen LogP contribution in [0.3, 0.4) is 0 Å². The van der Waals surface area contributed by atoms with Crippen LogP contribution in [0.25, 0.3) is 16.3 Å². The Hall–Kier alpha value is -3.08. The first kappa shape index (κ1) is 20.2. The van der Waals surface area contributed by atoms with Crippen LogP contribution in [0, 0.1) is 0 Å². The van der Waals surface area contributed by atoms with E-state index >= 15 is 0 Å². The Labute approximate surface area is 177 Å². The van der Waals surface area contributed by atoms with Crippen LogP contribution in [0.1, 0.15) is 5.01 Å². The lowest BCUT2D eigenvalue weighted by atomic mass is 10.3. The van der Waals surface area contributed by atoms with E-state index in [9.17, 15) is 18.0 Å². The average Bonchev–Trinajstić information content (AvgIpc) is 3.15. The van der Waals surface area contributed by atoms with Crippen molar-refractivity contribution in [3.8, 4) is 0 Å². The summed E-state index contributed by atoms with van der Waals surface area (Å²) in [6.45, 7) is 0.254. The third-order valence-corrected chi connectivity index (χ3v) is 7.27. The molecule has 1 saturated heterocycles. The van der Waals surface area contributed by atoms with Crippen molar-refractivity contribution in [1.29, 1.82) is 0 Å². The predicted octanol–water partition coefficient (Wildman–Crippen LogP) is 2.07. The number of para-hydroxylation sites is 1. The zero-order valence-electron chi connectivity index (χ0n) is 15.7. The number of piperazine rings is 1. The molecule has 0 radical (unpaired) electrons. The van der Waals surface area contributed by atoms with Crippen molar-refractivity contribution < 1.29 is 18.0 Å². The van der Waals surface area contributed by atoms with Crippen LogP contribution in [0.5, 0.6) is 0 Å². The van der Waals surface area contributed by atoms with Gasteiger partial charge in [-0.15, -0.1) is 11.3 Å². The number of benzene rings is 2. The fourth-order valence-corrected chi connectivity index (χ4v) is 5.31. The summed E-state index contributed by atoms with van der Waals surface area (Å²) in [5.41, 5.74) is 1.21. The van der Waals surface area contributed by atoms with Gasteiger partial charge in [0.15, 0.2) is 0 Å². The number of anilines is 1. The smallest absolute Gasteiger partial charge is 0.248 e. The van der Waals surface area contributed by atoms with Crippen LogP contribution in [-0.2, 0) is 19.6 Å². The Kier molecular flexibility index (Phi) is 5.62. The molecule has 10 heteroatoms. The van der Waals surface area contributed by atoms with Crippen LogP contribution in [-0.4, -0.2) is 49.2 Å². The van der Waals surface area contributed by atoms with Gasteiger partial charge in [-0.05, 0) is 36.4 Å². The lowest BCUT2D eigenvalue weighted by Crippen LogP contribution is -2.49. The van der Waals surface area contributed by atoms with Crippen molar-refractivity contribution in [2.24, 2.45) is 0 Å². The second-order valence-electron chi connectivity index (χ2n) is 6.56. The van der Waals surface area contributed by atoms with Crippen LogP contribution in [0.15, 0.2) is 59.5 Å². The van der Waals surface area contributed by atoms with Crippen LogP contribution in [0.4, 0.5) is 5.69 Å². The van der Waals surface area contributed by atoms with E-state index in [0.29, 0.717) is 10.7 Å². The number of thiazole rings is 1. The number of hydrogen-bond donors (Lipinski definition) is 2. The van der Waals surface area contributed by atoms with Gasteiger partial charge in [-0.2, -0.15) is 4.31 Å². The molecule has 1 aromatic heterocycles. The first-order valence-corrected chi connectivity index (χ1v) is 11.4. The second-order valence-corrected chi connectivity index (χ2v) is 9.56. The van der Waals surface area contributed by atoms with Gasteiger partial charge in [-0.25, -0.2) is 13.4 Å². The number of carbonyl (C=O) groups excluding carboxylic acids is 2. The second kappa shape index (κ2) is 8.34. The molecule has 1 aliphatic rings. The highest BCUT2D eigenvalue weighted by Gasteiger charge is 2.29. The van der Waals surface area contributed by atoms with E-state index in [1.165, 1.54) is 29.5 Å². The van der Waals surface area contributed by atoms with Gasteiger partial charge >= 0.3 is 0 Å². The molecule has 3 aromatic rings. The van der Waals surface area contributed by atoms with E-state index in [0.717, 1.165) is 14.5 Å². The van der Waals surface area contributed by atoms with E-state index in [4.69, 9.17) is 0 Å². The molecule has 8 nitrogen and oxygen atoms in total. The lowest BCUT2D eigenvalue weighted by molar-refractivity contribution is -0.122. The van der Waals surface area contributed by atoms with Gasteiger partial charge in [0, 0.05) is 24.9 Å². The number of amides is 2. The highest BCUT2D eigenvalue weighted by molar-refractivity contribution is 7.89. The number of nitrogens with one attached hydrogen (secondary N) is 2. The summed E-state index contributed by atoms with van der Waals surface area (Å²) >= 11 is 1.47. The highest BCUT2D eigenvalue weighted by Crippen LogP contribution is 2.23. The van der Waals surface area contributed by atoms with Gasteiger partial charge in [-0.1, -0.05) is 18.2 Å². The molecule has 0 atom stereocenters. The standard InChI is InChI=1S/C20H18N4O4S2/c25-18(8-9-20-23-16-6-1-2-7-17(16)29-20)22-14-4-3-5-15(12-14)30(27,28)24-11-10-21-19(26)13-24/h1-9,12H,10-11,13H2,(H,21,26)(H,22,25)/b9-8+. The van der Waals surface area contributed by atoms with Crippen molar-refractivity contribution in [2.45, 2.75) is 4.90 Å². The van der Waals surface area contributed by atoms with Gasteiger partial charge in [0.1, 0.15) is 5.01 Å². The summed E-state index contributed by atoms with van der Waals surface area (Å²) in [5, 5.41) is 5.95. The number of sulfonamides is 1. The van der Waals surface area contributed by atoms with Gasteiger partial charge in [-0.3, -0.25) is 9.59 Å². The van der Waals surface area contributed by atoms with Crippen LogP contribution < -0.4 is 10.6 Å². The average molecular weight is 443 g/mol. The molecule has 1 aliphatic heterocycles. The van der Waals surface area contributed by atoms with E-state index in [1.807, 2.05) is 24.3 Å². The number of hydrogen-bond acceptors (Lipinski definition) is 6. The highest BCUT2D eigenvalue weighted by atomic mass is 32.2. The molecule has 0 bridgehead atoms. The molecule has 154 valence electrons. The summed E-state index contributed by atoms with van der Waals surface area (Å²) in [4.78, 5) is 28.2. The molecule has 0 spiro atoms. The molecular formula is C20H18N4O4S2. The molecule has 0 saturated carbocycles. The minimum absolute atomic E-state index is 0.0187. The molecule has 4 rings (SSSR count). The molecule has 2 amide bonds. The first-order chi connectivity index (χ1) is 14.4. The maximum Gasteiger partial charge on any atom is 0.248 e. The van der Waals surface area contributed by atoms with Crippen molar-refractivity contribution >= 4 is 55.2 Å². The van der Waals surface area contributed by atoms with Crippen molar-refractivity contribution in [3.63, 3.8) is 0 Å². The third kappa shape index (κ3) is 4.40. The van der Waals surface area contributed by atoms with E-state index in [-0.39, 0.29) is 30.4 Å². The maximum absolute atomic E-state index is 12.8. The summed E-state index contributed by atoms with van der Waals surface area (Å²) in [7, 11) is -3.83. The van der Waals surface area contributed by atoms with Gasteiger partial charge < -0.3 is 10.6 Å². The van der Waals surface area contributed by atoms with Crippen molar-refractivity contribution in [2.75, 3.05) is 25.0 Å². The molecule has 0 aliphatic carbocycles. The Balaban J connectivity index is 1.47. The topological polar surface area (TPSA) is 108 Å². The largest absolute Gasteiger partial charge is 0.354 e. The van der Waals surface area contributed by atoms with Gasteiger partial charge in [0.2, 0.25) is 21.8 Å². The summed E-state index contributed by atoms with van der Waals surface area (Å²) in [6, 6.07) is 13.7. The molecular weight excluding hydrogens is 424 g/mol. The monoisotopic (exact) mass is 442 g/mol. The van der Waals surface area contributed by atoms with E-state index in [1.54, 1.807) is 18.2 Å². The minimum Gasteiger partial charge on any atom is -0.354 e. The fraction of sp³-hybridized carbons (Fsp3) is 0.150. The normalized spacial score (nSPS) is 15.4.